The van der Waals surface area contributed by atoms with Crippen molar-refractivity contribution in [3.63, 3.8) is 0 Å². The Balaban J connectivity index is 2.58. The van der Waals surface area contributed by atoms with E-state index < -0.39 is 12.0 Å². The summed E-state index contributed by atoms with van der Waals surface area (Å²) in [6.07, 6.45) is 3.39. The molecule has 0 aromatic carbocycles. The van der Waals surface area contributed by atoms with Gasteiger partial charge in [-0.05, 0) is 18.3 Å². The molecular formula is C14H24N2O3. The minimum Gasteiger partial charge on any atom is -0.480 e. The topological polar surface area (TPSA) is 69.6 Å². The first-order valence-corrected chi connectivity index (χ1v) is 6.81. The van der Waals surface area contributed by atoms with Gasteiger partial charge in [0.25, 0.3) is 0 Å². The lowest BCUT2D eigenvalue weighted by molar-refractivity contribution is -0.142. The third kappa shape index (κ3) is 4.67. The Bertz CT molecular complexity index is 344. The van der Waals surface area contributed by atoms with Crippen LogP contribution >= 0.6 is 0 Å². The Hall–Kier alpha value is -1.36. The van der Waals surface area contributed by atoms with Gasteiger partial charge in [-0.15, -0.1) is 6.58 Å². The van der Waals surface area contributed by atoms with Crippen LogP contribution in [0.5, 0.6) is 0 Å². The van der Waals surface area contributed by atoms with E-state index in [-0.39, 0.29) is 17.7 Å². The molecule has 3 atom stereocenters. The number of carbonyl (C=O) groups excluding carboxylic acids is 1. The van der Waals surface area contributed by atoms with Gasteiger partial charge in [0, 0.05) is 26.6 Å². The molecule has 0 aromatic heterocycles. The molecule has 19 heavy (non-hydrogen) atoms. The summed E-state index contributed by atoms with van der Waals surface area (Å²) in [6.45, 7) is 9.37. The molecule has 0 aliphatic carbocycles. The summed E-state index contributed by atoms with van der Waals surface area (Å²) in [6, 6.07) is -0.422. The maximum Gasteiger partial charge on any atom is 0.320 e. The minimum absolute atomic E-state index is 0.0429. The molecule has 0 spiro atoms. The van der Waals surface area contributed by atoms with Gasteiger partial charge in [0.15, 0.2) is 0 Å². The predicted molar refractivity (Wildman–Crippen MR) is 73.8 cm³/mol. The number of hydrogen-bond donors (Lipinski definition) is 2. The molecule has 5 nitrogen and oxygen atoms in total. The number of carboxylic acid groups (broad SMARTS) is 1. The van der Waals surface area contributed by atoms with Crippen LogP contribution in [0.3, 0.4) is 0 Å². The minimum atomic E-state index is -0.765. The first kappa shape index (κ1) is 15.7. The van der Waals surface area contributed by atoms with Crippen LogP contribution in [0.25, 0.3) is 0 Å². The highest BCUT2D eigenvalue weighted by Crippen LogP contribution is 2.25. The fraction of sp³-hybridized carbons (Fsp3) is 0.714. The zero-order valence-electron chi connectivity index (χ0n) is 11.8. The summed E-state index contributed by atoms with van der Waals surface area (Å²) in [5, 5.41) is 12.1. The molecule has 5 heteroatoms. The number of nitrogens with zero attached hydrogens (tertiary/aromatic N) is 1. The Morgan fingerprint density at radius 3 is 2.74 bits per heavy atom. The van der Waals surface area contributed by atoms with Gasteiger partial charge in [0.1, 0.15) is 6.04 Å². The summed E-state index contributed by atoms with van der Waals surface area (Å²) < 4.78 is 0. The quantitative estimate of drug-likeness (QED) is 0.679. The van der Waals surface area contributed by atoms with Crippen molar-refractivity contribution in [3.8, 4) is 0 Å². The third-order valence-corrected chi connectivity index (χ3v) is 3.76. The van der Waals surface area contributed by atoms with Crippen LogP contribution in [-0.2, 0) is 9.59 Å². The van der Waals surface area contributed by atoms with Crippen LogP contribution in [0.4, 0.5) is 0 Å². The molecular weight excluding hydrogens is 244 g/mol. The van der Waals surface area contributed by atoms with Gasteiger partial charge >= 0.3 is 5.97 Å². The van der Waals surface area contributed by atoms with E-state index in [1.165, 1.54) is 6.92 Å². The van der Waals surface area contributed by atoms with Gasteiger partial charge in [-0.25, -0.2) is 0 Å². The van der Waals surface area contributed by atoms with Crippen molar-refractivity contribution < 1.29 is 14.7 Å². The normalized spacial score (nSPS) is 24.9. The number of amides is 1. The van der Waals surface area contributed by atoms with Crippen LogP contribution in [-0.4, -0.2) is 47.6 Å². The predicted octanol–water partition coefficient (Wildman–Crippen LogP) is 1.11. The number of carboxylic acids is 1. The smallest absolute Gasteiger partial charge is 0.320 e. The van der Waals surface area contributed by atoms with Crippen molar-refractivity contribution in [1.82, 2.24) is 10.2 Å². The number of likely N-dealkylation sites (tertiary alicyclic amines) is 1. The van der Waals surface area contributed by atoms with Crippen molar-refractivity contribution in [2.45, 2.75) is 32.7 Å². The number of nitrogens with one attached hydrogen (secondary N) is 1. The van der Waals surface area contributed by atoms with E-state index in [9.17, 15) is 14.7 Å². The molecule has 1 aliphatic rings. The molecule has 1 heterocycles. The molecule has 1 fully saturated rings. The molecule has 0 bridgehead atoms. The fourth-order valence-corrected chi connectivity index (χ4v) is 2.53. The Kier molecular flexibility index (Phi) is 6.02. The lowest BCUT2D eigenvalue weighted by atomic mass is 10.1. The maximum atomic E-state index is 11.3. The summed E-state index contributed by atoms with van der Waals surface area (Å²) >= 11 is 0. The van der Waals surface area contributed by atoms with Gasteiger partial charge in [0.2, 0.25) is 5.91 Å². The van der Waals surface area contributed by atoms with E-state index in [0.717, 1.165) is 13.0 Å². The summed E-state index contributed by atoms with van der Waals surface area (Å²) in [4.78, 5) is 24.2. The van der Waals surface area contributed by atoms with Crippen LogP contribution < -0.4 is 5.32 Å². The largest absolute Gasteiger partial charge is 0.480 e. The number of hydrogen-bond acceptors (Lipinski definition) is 3. The second-order valence-electron chi connectivity index (χ2n) is 5.25. The zero-order chi connectivity index (χ0) is 14.4. The Morgan fingerprint density at radius 2 is 2.26 bits per heavy atom. The summed E-state index contributed by atoms with van der Waals surface area (Å²) in [5.41, 5.74) is 0. The van der Waals surface area contributed by atoms with Crippen molar-refractivity contribution in [3.05, 3.63) is 12.7 Å². The van der Waals surface area contributed by atoms with Crippen LogP contribution in [0.1, 0.15) is 26.7 Å². The van der Waals surface area contributed by atoms with Gasteiger partial charge in [-0.3, -0.25) is 14.5 Å². The van der Waals surface area contributed by atoms with Crippen LogP contribution in [0, 0.1) is 11.8 Å². The first-order chi connectivity index (χ1) is 8.97. The molecule has 3 unspecified atom stereocenters. The molecule has 0 radical (unpaired) electrons. The highest BCUT2D eigenvalue weighted by atomic mass is 16.4. The lowest BCUT2D eigenvalue weighted by Gasteiger charge is -2.26. The molecule has 1 rings (SSSR count). The average Bonchev–Trinajstić information content (AvgIpc) is 2.77. The molecule has 0 aromatic rings. The standard InChI is InChI=1S/C14H24N2O3/c1-4-11-6-13(14(18)19)16(8-11)9-12(5-2)7-15-10(3)17/h4,11-13H,1,5-9H2,2-3H3,(H,15,17)(H,18,19). The SMILES string of the molecule is C=CC1CC(C(=O)O)N(CC(CC)CNC(C)=O)C1. The molecule has 0 saturated carbocycles. The zero-order valence-corrected chi connectivity index (χ0v) is 11.8. The molecule has 1 aliphatic heterocycles. The molecule has 2 N–H and O–H groups in total. The lowest BCUT2D eigenvalue weighted by Crippen LogP contribution is -2.41. The highest BCUT2D eigenvalue weighted by Gasteiger charge is 2.36. The first-order valence-electron chi connectivity index (χ1n) is 6.81. The van der Waals surface area contributed by atoms with Crippen LogP contribution in [0.2, 0.25) is 0 Å². The third-order valence-electron chi connectivity index (χ3n) is 3.76. The summed E-state index contributed by atoms with van der Waals surface area (Å²) in [7, 11) is 0. The van der Waals surface area contributed by atoms with Crippen molar-refractivity contribution >= 4 is 11.9 Å². The number of aliphatic carboxylic acids is 1. The maximum absolute atomic E-state index is 11.3. The molecule has 1 amide bonds. The van der Waals surface area contributed by atoms with E-state index in [4.69, 9.17) is 0 Å². The fourth-order valence-electron chi connectivity index (χ4n) is 2.53. The molecule has 108 valence electrons. The van der Waals surface area contributed by atoms with Gasteiger partial charge in [-0.2, -0.15) is 0 Å². The van der Waals surface area contributed by atoms with E-state index in [1.807, 2.05) is 11.0 Å². The summed E-state index contributed by atoms with van der Waals surface area (Å²) in [5.74, 6) is -0.272. The second-order valence-corrected chi connectivity index (χ2v) is 5.25. The van der Waals surface area contributed by atoms with E-state index >= 15 is 0 Å². The van der Waals surface area contributed by atoms with Gasteiger partial charge in [-0.1, -0.05) is 19.4 Å². The van der Waals surface area contributed by atoms with E-state index in [1.54, 1.807) is 0 Å². The monoisotopic (exact) mass is 268 g/mol. The van der Waals surface area contributed by atoms with Crippen molar-refractivity contribution in [1.29, 1.82) is 0 Å². The number of carbonyl (C=O) groups is 2. The Morgan fingerprint density at radius 1 is 1.58 bits per heavy atom. The van der Waals surface area contributed by atoms with E-state index in [0.29, 0.717) is 19.5 Å². The number of rotatable bonds is 7. The highest BCUT2D eigenvalue weighted by molar-refractivity contribution is 5.74. The van der Waals surface area contributed by atoms with Gasteiger partial charge in [0.05, 0.1) is 0 Å². The van der Waals surface area contributed by atoms with Crippen LogP contribution in [0.15, 0.2) is 12.7 Å². The van der Waals surface area contributed by atoms with Crippen molar-refractivity contribution in [2.24, 2.45) is 11.8 Å². The second kappa shape index (κ2) is 7.28. The average molecular weight is 268 g/mol. The Labute approximate surface area is 114 Å². The van der Waals surface area contributed by atoms with E-state index in [2.05, 4.69) is 18.8 Å². The van der Waals surface area contributed by atoms with Gasteiger partial charge < -0.3 is 10.4 Å². The van der Waals surface area contributed by atoms with Crippen molar-refractivity contribution in [2.75, 3.05) is 19.6 Å². The molecule has 1 saturated heterocycles.